The third-order valence-electron chi connectivity index (χ3n) is 1.71. The van der Waals surface area contributed by atoms with Gasteiger partial charge in [-0.25, -0.2) is 0 Å². The van der Waals surface area contributed by atoms with Crippen LogP contribution in [-0.4, -0.2) is 32.1 Å². The zero-order valence-electron chi connectivity index (χ0n) is 8.66. The number of hydrogen-bond donors (Lipinski definition) is 2. The normalized spacial score (nSPS) is 10.8. The van der Waals surface area contributed by atoms with Gasteiger partial charge in [-0.15, -0.1) is 0 Å². The van der Waals surface area contributed by atoms with E-state index >= 15 is 0 Å². The second kappa shape index (κ2) is 5.90. The molecule has 0 aliphatic carbocycles. The molecule has 0 heterocycles. The van der Waals surface area contributed by atoms with E-state index in [4.69, 9.17) is 5.73 Å². The third-order valence-corrected chi connectivity index (χ3v) is 2.55. The first-order valence-corrected chi connectivity index (χ1v) is 5.40. The van der Waals surface area contributed by atoms with Gasteiger partial charge in [0, 0.05) is 23.7 Å². The van der Waals surface area contributed by atoms with Gasteiger partial charge in [-0.3, -0.25) is 4.72 Å². The molecule has 0 aliphatic rings. The lowest BCUT2D eigenvalue weighted by molar-refractivity contribution is 0.415. The molecule has 3 nitrogen and oxygen atoms in total. The van der Waals surface area contributed by atoms with Crippen molar-refractivity contribution in [3.8, 4) is 0 Å². The maximum atomic E-state index is 5.66. The van der Waals surface area contributed by atoms with Crippen molar-refractivity contribution in [2.75, 3.05) is 32.9 Å². The van der Waals surface area contributed by atoms with Gasteiger partial charge in [0.05, 0.1) is 0 Å². The van der Waals surface area contributed by atoms with E-state index in [0.29, 0.717) is 0 Å². The SMILES string of the molecule is CN(C)CCNSc1cccc(N)c1. The van der Waals surface area contributed by atoms with E-state index in [-0.39, 0.29) is 0 Å². The van der Waals surface area contributed by atoms with Crippen LogP contribution in [0.3, 0.4) is 0 Å². The standard InChI is InChI=1S/C10H17N3S/c1-13(2)7-6-12-14-10-5-3-4-9(11)8-10/h3-5,8,12H,6-7,11H2,1-2H3. The smallest absolute Gasteiger partial charge is 0.0325 e. The predicted octanol–water partition coefficient (Wildman–Crippen LogP) is 1.43. The minimum Gasteiger partial charge on any atom is -0.399 e. The van der Waals surface area contributed by atoms with Crippen LogP contribution < -0.4 is 10.5 Å². The Morgan fingerprint density at radius 3 is 2.86 bits per heavy atom. The first kappa shape index (κ1) is 11.4. The fourth-order valence-corrected chi connectivity index (χ4v) is 1.68. The van der Waals surface area contributed by atoms with E-state index in [0.717, 1.165) is 23.7 Å². The number of benzene rings is 1. The predicted molar refractivity (Wildman–Crippen MR) is 63.3 cm³/mol. The highest BCUT2D eigenvalue weighted by atomic mass is 32.2. The number of nitrogens with one attached hydrogen (secondary N) is 1. The summed E-state index contributed by atoms with van der Waals surface area (Å²) in [5.74, 6) is 0. The molecule has 0 fully saturated rings. The Morgan fingerprint density at radius 1 is 1.43 bits per heavy atom. The van der Waals surface area contributed by atoms with Crippen molar-refractivity contribution >= 4 is 17.6 Å². The average molecular weight is 211 g/mol. The average Bonchev–Trinajstić information content (AvgIpc) is 2.12. The highest BCUT2D eigenvalue weighted by Crippen LogP contribution is 2.16. The topological polar surface area (TPSA) is 41.3 Å². The van der Waals surface area contributed by atoms with Gasteiger partial charge in [-0.1, -0.05) is 6.07 Å². The zero-order valence-corrected chi connectivity index (χ0v) is 9.47. The summed E-state index contributed by atoms with van der Waals surface area (Å²) in [6.07, 6.45) is 0. The summed E-state index contributed by atoms with van der Waals surface area (Å²) in [6, 6.07) is 7.87. The monoisotopic (exact) mass is 211 g/mol. The summed E-state index contributed by atoms with van der Waals surface area (Å²) >= 11 is 1.62. The fourth-order valence-electron chi connectivity index (χ4n) is 0.982. The van der Waals surface area contributed by atoms with Crippen LogP contribution >= 0.6 is 11.9 Å². The Labute approximate surface area is 89.8 Å². The first-order valence-electron chi connectivity index (χ1n) is 4.58. The highest BCUT2D eigenvalue weighted by Gasteiger charge is 1.94. The summed E-state index contributed by atoms with van der Waals surface area (Å²) < 4.78 is 3.28. The molecule has 0 bridgehead atoms. The van der Waals surface area contributed by atoms with Crippen LogP contribution in [0.4, 0.5) is 5.69 Å². The molecule has 14 heavy (non-hydrogen) atoms. The molecular weight excluding hydrogens is 194 g/mol. The first-order chi connectivity index (χ1) is 6.68. The van der Waals surface area contributed by atoms with Gasteiger partial charge in [0.1, 0.15) is 0 Å². The molecule has 78 valence electrons. The van der Waals surface area contributed by atoms with Crippen LogP contribution in [0.25, 0.3) is 0 Å². The maximum absolute atomic E-state index is 5.66. The number of hydrogen-bond acceptors (Lipinski definition) is 4. The lowest BCUT2D eigenvalue weighted by Crippen LogP contribution is -2.22. The number of nitrogens with two attached hydrogens (primary N) is 1. The van der Waals surface area contributed by atoms with Gasteiger partial charge in [0.15, 0.2) is 0 Å². The molecule has 1 aromatic rings. The minimum atomic E-state index is 0.810. The van der Waals surface area contributed by atoms with Crippen molar-refractivity contribution in [3.63, 3.8) is 0 Å². The summed E-state index contributed by atoms with van der Waals surface area (Å²) in [7, 11) is 4.12. The lowest BCUT2D eigenvalue weighted by Gasteiger charge is -2.09. The molecule has 0 unspecified atom stereocenters. The van der Waals surface area contributed by atoms with Crippen molar-refractivity contribution in [1.82, 2.24) is 9.62 Å². The molecule has 0 aromatic heterocycles. The Morgan fingerprint density at radius 2 is 2.21 bits per heavy atom. The molecular formula is C10H17N3S. The van der Waals surface area contributed by atoms with Crippen molar-refractivity contribution < 1.29 is 0 Å². The summed E-state index contributed by atoms with van der Waals surface area (Å²) in [5, 5.41) is 0. The lowest BCUT2D eigenvalue weighted by atomic mass is 10.3. The van der Waals surface area contributed by atoms with Gasteiger partial charge in [0.2, 0.25) is 0 Å². The third kappa shape index (κ3) is 4.50. The molecule has 0 saturated carbocycles. The van der Waals surface area contributed by atoms with Crippen LogP contribution in [0, 0.1) is 0 Å². The molecule has 0 atom stereocenters. The summed E-state index contributed by atoms with van der Waals surface area (Å²) in [6.45, 7) is 2.00. The number of rotatable bonds is 5. The molecule has 0 saturated heterocycles. The number of nitrogen functional groups attached to an aromatic ring is 1. The van der Waals surface area contributed by atoms with Gasteiger partial charge >= 0.3 is 0 Å². The molecule has 0 spiro atoms. The minimum absolute atomic E-state index is 0.810. The number of anilines is 1. The van der Waals surface area contributed by atoms with Gasteiger partial charge in [0.25, 0.3) is 0 Å². The van der Waals surface area contributed by atoms with Crippen molar-refractivity contribution in [1.29, 1.82) is 0 Å². The zero-order chi connectivity index (χ0) is 10.4. The van der Waals surface area contributed by atoms with Crippen molar-refractivity contribution in [2.24, 2.45) is 0 Å². The second-order valence-corrected chi connectivity index (χ2v) is 4.34. The van der Waals surface area contributed by atoms with Gasteiger partial charge in [-0.05, 0) is 44.2 Å². The van der Waals surface area contributed by atoms with Crippen molar-refractivity contribution in [3.05, 3.63) is 24.3 Å². The molecule has 4 heteroatoms. The maximum Gasteiger partial charge on any atom is 0.0325 e. The van der Waals surface area contributed by atoms with Crippen molar-refractivity contribution in [2.45, 2.75) is 4.90 Å². The van der Waals surface area contributed by atoms with E-state index in [9.17, 15) is 0 Å². The van der Waals surface area contributed by atoms with Crippen LogP contribution in [0.1, 0.15) is 0 Å². The van der Waals surface area contributed by atoms with Gasteiger partial charge < -0.3 is 10.6 Å². The van der Waals surface area contributed by atoms with E-state index in [1.165, 1.54) is 0 Å². The highest BCUT2D eigenvalue weighted by molar-refractivity contribution is 7.97. The molecule has 3 N–H and O–H groups in total. The summed E-state index contributed by atoms with van der Waals surface area (Å²) in [4.78, 5) is 3.30. The molecule has 1 aromatic carbocycles. The van der Waals surface area contributed by atoms with E-state index in [2.05, 4.69) is 23.7 Å². The van der Waals surface area contributed by atoms with Crippen LogP contribution in [0.15, 0.2) is 29.2 Å². The van der Waals surface area contributed by atoms with Crippen LogP contribution in [-0.2, 0) is 0 Å². The van der Waals surface area contributed by atoms with Crippen LogP contribution in [0.5, 0.6) is 0 Å². The largest absolute Gasteiger partial charge is 0.399 e. The van der Waals surface area contributed by atoms with Gasteiger partial charge in [-0.2, -0.15) is 0 Å². The van der Waals surface area contributed by atoms with E-state index in [1.807, 2.05) is 24.3 Å². The van der Waals surface area contributed by atoms with E-state index in [1.54, 1.807) is 11.9 Å². The Hall–Kier alpha value is -0.710. The Balaban J connectivity index is 2.25. The Bertz CT molecular complexity index is 276. The Kier molecular flexibility index (Phi) is 4.79. The number of nitrogens with zero attached hydrogens (tertiary/aromatic N) is 1. The van der Waals surface area contributed by atoms with Crippen LogP contribution in [0.2, 0.25) is 0 Å². The second-order valence-electron chi connectivity index (χ2n) is 3.37. The van der Waals surface area contributed by atoms with E-state index < -0.39 is 0 Å². The molecule has 0 amide bonds. The quantitative estimate of drug-likeness (QED) is 0.439. The number of likely N-dealkylation sites (N-methyl/N-ethyl adjacent to an activating group) is 1. The molecule has 0 radical (unpaired) electrons. The summed E-state index contributed by atoms with van der Waals surface area (Å²) in [5.41, 5.74) is 6.47. The molecule has 0 aliphatic heterocycles. The molecule has 1 rings (SSSR count). The fraction of sp³-hybridized carbons (Fsp3) is 0.400.